The minimum atomic E-state index is -4.59. The Bertz CT molecular complexity index is 200. The summed E-state index contributed by atoms with van der Waals surface area (Å²) < 4.78 is 14.0. The number of phosphoric ester groups is 1. The van der Waals surface area contributed by atoms with E-state index in [9.17, 15) is 9.36 Å². The van der Waals surface area contributed by atoms with Gasteiger partial charge in [0.2, 0.25) is 5.12 Å². The maximum Gasteiger partial charge on any atom is 0.469 e. The molecule has 0 aromatic carbocycles. The molecule has 0 saturated carbocycles. The second kappa shape index (κ2) is 4.96. The summed E-state index contributed by atoms with van der Waals surface area (Å²) >= 11 is 0.762. The number of phosphoric acid groups is 1. The molecule has 8 heteroatoms. The quantitative estimate of drug-likeness (QED) is 0.536. The van der Waals surface area contributed by atoms with Crippen LogP contribution in [-0.2, 0) is 13.9 Å². The molecule has 6 nitrogen and oxygen atoms in total. The Kier molecular flexibility index (Phi) is 5.00. The smallest absolute Gasteiger partial charge is 0.382 e. The number of aliphatic hydroxyl groups is 1. The van der Waals surface area contributed by atoms with Gasteiger partial charge in [0, 0.05) is 0 Å². The van der Waals surface area contributed by atoms with Gasteiger partial charge in [0.1, 0.15) is 6.10 Å². The Balaban J connectivity index is 3.79. The van der Waals surface area contributed by atoms with E-state index in [0.717, 1.165) is 11.8 Å². The zero-order chi connectivity index (χ0) is 9.78. The number of rotatable bonds is 4. The summed E-state index contributed by atoms with van der Waals surface area (Å²) in [5.74, 6) is 0. The summed E-state index contributed by atoms with van der Waals surface area (Å²) in [5.41, 5.74) is 0. The molecule has 0 bridgehead atoms. The van der Waals surface area contributed by atoms with Crippen LogP contribution in [0, 0.1) is 0 Å². The second-order valence-corrected chi connectivity index (χ2v) is 3.88. The molecule has 0 heterocycles. The van der Waals surface area contributed by atoms with Gasteiger partial charge in [0.05, 0.1) is 6.61 Å². The highest BCUT2D eigenvalue weighted by molar-refractivity contribution is 8.13. The summed E-state index contributed by atoms with van der Waals surface area (Å²) in [6.45, 7) is -0.691. The fourth-order valence-corrected chi connectivity index (χ4v) is 1.05. The highest BCUT2D eigenvalue weighted by Gasteiger charge is 2.20. The Labute approximate surface area is 73.2 Å². The van der Waals surface area contributed by atoms with Gasteiger partial charge in [-0.25, -0.2) is 4.57 Å². The van der Waals surface area contributed by atoms with Crippen LogP contribution in [0.15, 0.2) is 0 Å². The summed E-state index contributed by atoms with van der Waals surface area (Å²) in [6.07, 6.45) is -0.0455. The first-order chi connectivity index (χ1) is 5.37. The van der Waals surface area contributed by atoms with Crippen LogP contribution in [-0.4, -0.2) is 39.0 Å². The monoisotopic (exact) mass is 216 g/mol. The van der Waals surface area contributed by atoms with Crippen molar-refractivity contribution in [3.05, 3.63) is 0 Å². The van der Waals surface area contributed by atoms with Gasteiger partial charge in [0.15, 0.2) is 0 Å². The van der Waals surface area contributed by atoms with Crippen molar-refractivity contribution in [2.24, 2.45) is 0 Å². The Morgan fingerprint density at radius 1 is 1.67 bits per heavy atom. The lowest BCUT2D eigenvalue weighted by molar-refractivity contribution is -0.119. The summed E-state index contributed by atoms with van der Waals surface area (Å²) in [5, 5.41) is 8.25. The average Bonchev–Trinajstić information content (AvgIpc) is 1.97. The molecule has 0 aromatic rings. The molecule has 0 fully saturated rings. The molecular formula is C4H9O6PS. The average molecular weight is 216 g/mol. The van der Waals surface area contributed by atoms with Crippen molar-refractivity contribution in [3.63, 3.8) is 0 Å². The Morgan fingerprint density at radius 3 is 2.50 bits per heavy atom. The zero-order valence-corrected chi connectivity index (χ0v) is 7.92. The van der Waals surface area contributed by atoms with E-state index in [1.165, 1.54) is 6.26 Å². The molecule has 0 amide bonds. The van der Waals surface area contributed by atoms with Gasteiger partial charge in [-0.2, -0.15) is 0 Å². The van der Waals surface area contributed by atoms with E-state index in [4.69, 9.17) is 14.9 Å². The van der Waals surface area contributed by atoms with E-state index in [1.807, 2.05) is 0 Å². The molecule has 72 valence electrons. The summed E-state index contributed by atoms with van der Waals surface area (Å²) in [4.78, 5) is 27.0. The molecule has 0 aliphatic rings. The molecule has 0 spiro atoms. The summed E-state index contributed by atoms with van der Waals surface area (Å²) in [6, 6.07) is 0. The largest absolute Gasteiger partial charge is 0.469 e. The number of aliphatic hydroxyl groups excluding tert-OH is 1. The fraction of sp³-hybridized carbons (Fsp3) is 0.750. The predicted octanol–water partition coefficient (Wildman–Crippen LogP) is -0.654. The third kappa shape index (κ3) is 5.70. The Hall–Kier alpha value is 0.0900. The first-order valence-electron chi connectivity index (χ1n) is 2.83. The maximum atomic E-state index is 10.6. The van der Waals surface area contributed by atoms with E-state index < -0.39 is 25.6 Å². The van der Waals surface area contributed by atoms with E-state index in [0.29, 0.717) is 0 Å². The van der Waals surface area contributed by atoms with Crippen LogP contribution in [0.4, 0.5) is 0 Å². The molecule has 1 atom stereocenters. The van der Waals surface area contributed by atoms with E-state index >= 15 is 0 Å². The van der Waals surface area contributed by atoms with Crippen molar-refractivity contribution in [2.45, 2.75) is 6.10 Å². The highest BCUT2D eigenvalue weighted by atomic mass is 32.2. The molecule has 0 aliphatic heterocycles. The van der Waals surface area contributed by atoms with Crippen molar-refractivity contribution < 1.29 is 28.8 Å². The normalized spacial score (nSPS) is 14.3. The van der Waals surface area contributed by atoms with Crippen LogP contribution in [0.5, 0.6) is 0 Å². The molecule has 3 N–H and O–H groups in total. The van der Waals surface area contributed by atoms with Crippen LogP contribution in [0.2, 0.25) is 0 Å². The number of hydrogen-bond acceptors (Lipinski definition) is 5. The van der Waals surface area contributed by atoms with Gasteiger partial charge in [-0.3, -0.25) is 9.32 Å². The second-order valence-electron chi connectivity index (χ2n) is 1.83. The van der Waals surface area contributed by atoms with E-state index in [1.54, 1.807) is 0 Å². The lowest BCUT2D eigenvalue weighted by Gasteiger charge is -2.08. The zero-order valence-electron chi connectivity index (χ0n) is 6.21. The first-order valence-corrected chi connectivity index (χ1v) is 5.58. The fourth-order valence-electron chi connectivity index (χ4n) is 0.372. The SMILES string of the molecule is CSC(=O)[C@H](O)COP(=O)(O)O. The van der Waals surface area contributed by atoms with Crippen molar-refractivity contribution in [1.82, 2.24) is 0 Å². The molecule has 0 aromatic heterocycles. The van der Waals surface area contributed by atoms with Gasteiger partial charge in [-0.05, 0) is 6.26 Å². The molecule has 12 heavy (non-hydrogen) atoms. The van der Waals surface area contributed by atoms with Crippen LogP contribution in [0.25, 0.3) is 0 Å². The van der Waals surface area contributed by atoms with Gasteiger partial charge in [-0.1, -0.05) is 11.8 Å². The van der Waals surface area contributed by atoms with Crippen molar-refractivity contribution >= 4 is 24.7 Å². The van der Waals surface area contributed by atoms with Gasteiger partial charge in [0.25, 0.3) is 0 Å². The number of hydrogen-bond donors (Lipinski definition) is 3. The molecule has 0 saturated heterocycles. The van der Waals surface area contributed by atoms with Gasteiger partial charge < -0.3 is 14.9 Å². The summed E-state index contributed by atoms with van der Waals surface area (Å²) in [7, 11) is -4.59. The Morgan fingerprint density at radius 2 is 2.17 bits per heavy atom. The number of carbonyl (C=O) groups is 1. The third-order valence-electron chi connectivity index (χ3n) is 0.874. The molecular weight excluding hydrogens is 207 g/mol. The van der Waals surface area contributed by atoms with Crippen LogP contribution < -0.4 is 0 Å². The molecule has 0 unspecified atom stereocenters. The standard InChI is InChI=1S/C4H9O6PS/c1-12-4(6)3(5)2-10-11(7,8)9/h3,5H,2H2,1H3,(H2,7,8,9)/t3-/m1/s1. The van der Waals surface area contributed by atoms with Crippen LogP contribution >= 0.6 is 19.6 Å². The molecule has 0 radical (unpaired) electrons. The van der Waals surface area contributed by atoms with Gasteiger partial charge in [-0.15, -0.1) is 0 Å². The van der Waals surface area contributed by atoms with Crippen molar-refractivity contribution in [2.75, 3.05) is 12.9 Å². The van der Waals surface area contributed by atoms with Crippen molar-refractivity contribution in [3.8, 4) is 0 Å². The minimum absolute atomic E-state index is 0.594. The van der Waals surface area contributed by atoms with Crippen LogP contribution in [0.3, 0.4) is 0 Å². The number of carbonyl (C=O) groups excluding carboxylic acids is 1. The molecule has 0 aliphatic carbocycles. The van der Waals surface area contributed by atoms with E-state index in [2.05, 4.69) is 4.52 Å². The lowest BCUT2D eigenvalue weighted by atomic mass is 10.4. The highest BCUT2D eigenvalue weighted by Crippen LogP contribution is 2.35. The third-order valence-corrected chi connectivity index (χ3v) is 2.03. The van der Waals surface area contributed by atoms with Crippen LogP contribution in [0.1, 0.15) is 0 Å². The number of thioether (sulfide) groups is 1. The van der Waals surface area contributed by atoms with Gasteiger partial charge >= 0.3 is 7.82 Å². The topological polar surface area (TPSA) is 104 Å². The minimum Gasteiger partial charge on any atom is -0.382 e. The van der Waals surface area contributed by atoms with E-state index in [-0.39, 0.29) is 0 Å². The van der Waals surface area contributed by atoms with Crippen molar-refractivity contribution in [1.29, 1.82) is 0 Å². The first kappa shape index (κ1) is 12.1. The molecule has 0 rings (SSSR count). The maximum absolute atomic E-state index is 10.6. The predicted molar refractivity (Wildman–Crippen MR) is 42.5 cm³/mol. The lowest BCUT2D eigenvalue weighted by Crippen LogP contribution is -2.22.